The Hall–Kier alpha value is -1.85. The van der Waals surface area contributed by atoms with Crippen molar-refractivity contribution < 1.29 is 10.0 Å². The van der Waals surface area contributed by atoms with E-state index in [9.17, 15) is 15.2 Å². The lowest BCUT2D eigenvalue weighted by Crippen LogP contribution is -1.95. The average Bonchev–Trinajstić information content (AvgIpc) is 2.41. The fourth-order valence-corrected chi connectivity index (χ4v) is 2.92. The Morgan fingerprint density at radius 2 is 1.95 bits per heavy atom. The molecule has 104 valence electrons. The molecule has 0 aromatic heterocycles. The van der Waals surface area contributed by atoms with Crippen LogP contribution in [0.2, 0.25) is 0 Å². The van der Waals surface area contributed by atoms with Crippen LogP contribution in [0.1, 0.15) is 16.7 Å². The lowest BCUT2D eigenvalue weighted by molar-refractivity contribution is -0.385. The van der Waals surface area contributed by atoms with Crippen LogP contribution in [-0.2, 0) is 6.61 Å². The van der Waals surface area contributed by atoms with Crippen molar-refractivity contribution in [3.8, 4) is 0 Å². The van der Waals surface area contributed by atoms with Crippen molar-refractivity contribution in [3.05, 3.63) is 63.2 Å². The van der Waals surface area contributed by atoms with Crippen LogP contribution in [0.3, 0.4) is 0 Å². The Morgan fingerprint density at radius 1 is 1.20 bits per heavy atom. The molecule has 2 aromatic rings. The van der Waals surface area contributed by atoms with Gasteiger partial charge in [0, 0.05) is 15.9 Å². The summed E-state index contributed by atoms with van der Waals surface area (Å²) in [7, 11) is 0. The zero-order valence-electron chi connectivity index (χ0n) is 11.3. The first-order valence-corrected chi connectivity index (χ1v) is 6.96. The van der Waals surface area contributed by atoms with Gasteiger partial charge in [-0.1, -0.05) is 29.5 Å². The Kier molecular flexibility index (Phi) is 4.42. The number of aliphatic hydroxyl groups excluding tert-OH is 1. The maximum absolute atomic E-state index is 10.8. The highest BCUT2D eigenvalue weighted by Gasteiger charge is 2.14. The van der Waals surface area contributed by atoms with Crippen LogP contribution in [0.4, 0.5) is 5.69 Å². The number of nitrogens with zero attached hydrogens (tertiary/aromatic N) is 1. The zero-order chi connectivity index (χ0) is 14.7. The standard InChI is InChI=1S/C15H15NO3S/c1-10-3-6-15(11(2)7-10)20-13-4-5-14(16(18)19)12(8-13)9-17/h3-8,17H,9H2,1-2H3. The Bertz CT molecular complexity index is 656. The summed E-state index contributed by atoms with van der Waals surface area (Å²) >= 11 is 1.54. The summed E-state index contributed by atoms with van der Waals surface area (Å²) in [6.07, 6.45) is 0. The molecule has 5 heteroatoms. The van der Waals surface area contributed by atoms with Gasteiger partial charge in [0.05, 0.1) is 17.1 Å². The molecule has 1 N–H and O–H groups in total. The highest BCUT2D eigenvalue weighted by atomic mass is 32.2. The van der Waals surface area contributed by atoms with E-state index in [-0.39, 0.29) is 12.3 Å². The number of aliphatic hydroxyl groups is 1. The molecule has 4 nitrogen and oxygen atoms in total. The highest BCUT2D eigenvalue weighted by Crippen LogP contribution is 2.33. The molecule has 0 atom stereocenters. The number of benzene rings is 2. The molecule has 0 radical (unpaired) electrons. The van der Waals surface area contributed by atoms with Crippen molar-refractivity contribution in [2.45, 2.75) is 30.2 Å². The molecule has 0 amide bonds. The van der Waals surface area contributed by atoms with E-state index in [4.69, 9.17) is 0 Å². The summed E-state index contributed by atoms with van der Waals surface area (Å²) in [5, 5.41) is 20.1. The molecule has 0 saturated carbocycles. The van der Waals surface area contributed by atoms with Gasteiger partial charge in [-0.3, -0.25) is 10.1 Å². The Labute approximate surface area is 121 Å². The molecule has 0 aliphatic heterocycles. The van der Waals surface area contributed by atoms with Crippen molar-refractivity contribution in [2.75, 3.05) is 0 Å². The minimum Gasteiger partial charge on any atom is -0.391 e. The van der Waals surface area contributed by atoms with Gasteiger partial charge in [-0.25, -0.2) is 0 Å². The number of hydrogen-bond acceptors (Lipinski definition) is 4. The van der Waals surface area contributed by atoms with E-state index in [1.165, 1.54) is 29.0 Å². The summed E-state index contributed by atoms with van der Waals surface area (Å²) in [6, 6.07) is 11.0. The van der Waals surface area contributed by atoms with Gasteiger partial charge in [0.2, 0.25) is 0 Å². The second-order valence-corrected chi connectivity index (χ2v) is 5.69. The van der Waals surface area contributed by atoms with Crippen LogP contribution in [0.25, 0.3) is 0 Å². The molecular formula is C15H15NO3S. The van der Waals surface area contributed by atoms with Gasteiger partial charge in [-0.2, -0.15) is 0 Å². The monoisotopic (exact) mass is 289 g/mol. The molecule has 0 aliphatic carbocycles. The number of rotatable bonds is 4. The summed E-state index contributed by atoms with van der Waals surface area (Å²) in [5.74, 6) is 0. The van der Waals surface area contributed by atoms with Gasteiger partial charge >= 0.3 is 0 Å². The minimum atomic E-state index is -0.475. The molecular weight excluding hydrogens is 274 g/mol. The Balaban J connectivity index is 2.32. The van der Waals surface area contributed by atoms with E-state index in [1.54, 1.807) is 12.1 Å². The third-order valence-corrected chi connectivity index (χ3v) is 4.14. The van der Waals surface area contributed by atoms with Crippen molar-refractivity contribution in [3.63, 3.8) is 0 Å². The van der Waals surface area contributed by atoms with Crippen molar-refractivity contribution in [1.29, 1.82) is 0 Å². The molecule has 0 aliphatic rings. The number of nitro benzene ring substituents is 1. The quantitative estimate of drug-likeness (QED) is 0.686. The minimum absolute atomic E-state index is 0.0440. The van der Waals surface area contributed by atoms with Gasteiger partial charge in [0.15, 0.2) is 0 Å². The smallest absolute Gasteiger partial charge is 0.274 e. The zero-order valence-corrected chi connectivity index (χ0v) is 12.1. The summed E-state index contributed by atoms with van der Waals surface area (Å²) in [5.41, 5.74) is 2.66. The second-order valence-electron chi connectivity index (χ2n) is 4.58. The summed E-state index contributed by atoms with van der Waals surface area (Å²) in [6.45, 7) is 3.74. The predicted molar refractivity (Wildman–Crippen MR) is 79.1 cm³/mol. The van der Waals surface area contributed by atoms with E-state index in [1.807, 2.05) is 26.0 Å². The highest BCUT2D eigenvalue weighted by molar-refractivity contribution is 7.99. The maximum atomic E-state index is 10.8. The molecule has 0 spiro atoms. The molecule has 0 unspecified atom stereocenters. The molecule has 2 aromatic carbocycles. The van der Waals surface area contributed by atoms with E-state index >= 15 is 0 Å². The van der Waals surface area contributed by atoms with Crippen molar-refractivity contribution in [2.24, 2.45) is 0 Å². The largest absolute Gasteiger partial charge is 0.391 e. The van der Waals surface area contributed by atoms with Gasteiger partial charge in [0.1, 0.15) is 0 Å². The molecule has 0 saturated heterocycles. The SMILES string of the molecule is Cc1ccc(Sc2ccc([N+](=O)[O-])c(CO)c2)c(C)c1. The van der Waals surface area contributed by atoms with E-state index in [0.717, 1.165) is 9.79 Å². The van der Waals surface area contributed by atoms with E-state index < -0.39 is 4.92 Å². The van der Waals surface area contributed by atoms with Crippen LogP contribution in [0.5, 0.6) is 0 Å². The van der Waals surface area contributed by atoms with Gasteiger partial charge in [-0.05, 0) is 37.6 Å². The second kappa shape index (κ2) is 6.07. The van der Waals surface area contributed by atoms with Crippen LogP contribution in [0, 0.1) is 24.0 Å². The van der Waals surface area contributed by atoms with Gasteiger partial charge in [0.25, 0.3) is 5.69 Å². The van der Waals surface area contributed by atoms with Crippen LogP contribution in [-0.4, -0.2) is 10.0 Å². The number of nitro groups is 1. The first-order chi connectivity index (χ1) is 9.51. The lowest BCUT2D eigenvalue weighted by atomic mass is 10.2. The van der Waals surface area contributed by atoms with Crippen LogP contribution >= 0.6 is 11.8 Å². The van der Waals surface area contributed by atoms with E-state index in [0.29, 0.717) is 5.56 Å². The summed E-state index contributed by atoms with van der Waals surface area (Å²) < 4.78 is 0. The lowest BCUT2D eigenvalue weighted by Gasteiger charge is -2.08. The van der Waals surface area contributed by atoms with Gasteiger partial charge < -0.3 is 5.11 Å². The number of aryl methyl sites for hydroxylation is 2. The fraction of sp³-hybridized carbons (Fsp3) is 0.200. The molecule has 0 bridgehead atoms. The number of hydrogen-bond donors (Lipinski definition) is 1. The maximum Gasteiger partial charge on any atom is 0.274 e. The first-order valence-electron chi connectivity index (χ1n) is 6.14. The van der Waals surface area contributed by atoms with Gasteiger partial charge in [-0.15, -0.1) is 0 Å². The third-order valence-electron chi connectivity index (χ3n) is 2.98. The van der Waals surface area contributed by atoms with Crippen molar-refractivity contribution >= 4 is 17.4 Å². The first kappa shape index (κ1) is 14.6. The Morgan fingerprint density at radius 3 is 2.55 bits per heavy atom. The van der Waals surface area contributed by atoms with Crippen LogP contribution in [0.15, 0.2) is 46.2 Å². The average molecular weight is 289 g/mol. The summed E-state index contributed by atoms with van der Waals surface area (Å²) in [4.78, 5) is 12.3. The van der Waals surface area contributed by atoms with Crippen molar-refractivity contribution in [1.82, 2.24) is 0 Å². The third kappa shape index (κ3) is 3.18. The topological polar surface area (TPSA) is 63.4 Å². The normalized spacial score (nSPS) is 10.6. The van der Waals surface area contributed by atoms with E-state index in [2.05, 4.69) is 6.07 Å². The molecule has 0 fully saturated rings. The predicted octanol–water partition coefficient (Wildman–Crippen LogP) is 3.86. The molecule has 20 heavy (non-hydrogen) atoms. The van der Waals surface area contributed by atoms with Crippen LogP contribution < -0.4 is 0 Å². The molecule has 0 heterocycles. The fourth-order valence-electron chi connectivity index (χ4n) is 1.97. The molecule has 2 rings (SSSR count).